The lowest BCUT2D eigenvalue weighted by Gasteiger charge is -2.08. The highest BCUT2D eigenvalue weighted by atomic mass is 16.5. The SMILES string of the molecule is COC(=O)c1ccccc1NCc1nnc(COc2ccccc2)o1. The highest BCUT2D eigenvalue weighted by molar-refractivity contribution is 5.95. The first-order chi connectivity index (χ1) is 12.3. The van der Waals surface area contributed by atoms with E-state index >= 15 is 0 Å². The van der Waals surface area contributed by atoms with Gasteiger partial charge in [-0.05, 0) is 24.3 Å². The van der Waals surface area contributed by atoms with Crippen LogP contribution >= 0.6 is 0 Å². The van der Waals surface area contributed by atoms with Crippen molar-refractivity contribution in [3.8, 4) is 5.75 Å². The third-order valence-electron chi connectivity index (χ3n) is 3.38. The average Bonchev–Trinajstić information content (AvgIpc) is 3.13. The first-order valence-electron chi connectivity index (χ1n) is 7.66. The Labute approximate surface area is 144 Å². The van der Waals surface area contributed by atoms with Crippen LogP contribution < -0.4 is 10.1 Å². The molecule has 0 fully saturated rings. The lowest BCUT2D eigenvalue weighted by Crippen LogP contribution is -2.08. The molecule has 7 heteroatoms. The summed E-state index contributed by atoms with van der Waals surface area (Å²) in [4.78, 5) is 11.7. The Hall–Kier alpha value is -3.35. The van der Waals surface area contributed by atoms with E-state index in [4.69, 9.17) is 13.9 Å². The molecule has 2 aromatic carbocycles. The maximum absolute atomic E-state index is 11.7. The zero-order chi connectivity index (χ0) is 17.5. The number of rotatable bonds is 7. The van der Waals surface area contributed by atoms with Crippen molar-refractivity contribution in [3.05, 3.63) is 71.9 Å². The summed E-state index contributed by atoms with van der Waals surface area (Å²) in [5.74, 6) is 1.09. The first-order valence-corrected chi connectivity index (χ1v) is 7.66. The highest BCUT2D eigenvalue weighted by Gasteiger charge is 2.12. The Bertz CT molecular complexity index is 833. The van der Waals surface area contributed by atoms with Crippen LogP contribution in [0.25, 0.3) is 0 Å². The standard InChI is InChI=1S/C18H17N3O4/c1-23-18(22)14-9-5-6-10-15(14)19-11-16-20-21-17(25-16)12-24-13-7-3-2-4-8-13/h2-10,19H,11-12H2,1H3. The maximum Gasteiger partial charge on any atom is 0.339 e. The van der Waals surface area contributed by atoms with Crippen molar-refractivity contribution >= 4 is 11.7 Å². The van der Waals surface area contributed by atoms with E-state index in [0.29, 0.717) is 23.0 Å². The Kier molecular flexibility index (Phi) is 5.26. The van der Waals surface area contributed by atoms with E-state index in [1.165, 1.54) is 7.11 Å². The van der Waals surface area contributed by atoms with E-state index in [1.54, 1.807) is 18.2 Å². The number of benzene rings is 2. The molecule has 0 unspecified atom stereocenters. The Morgan fingerprint density at radius 2 is 1.76 bits per heavy atom. The van der Waals surface area contributed by atoms with Crippen LogP contribution in [0.5, 0.6) is 5.75 Å². The monoisotopic (exact) mass is 339 g/mol. The summed E-state index contributed by atoms with van der Waals surface area (Å²) in [5, 5.41) is 11.0. The number of aromatic nitrogens is 2. The summed E-state index contributed by atoms with van der Waals surface area (Å²) in [5.41, 5.74) is 1.08. The van der Waals surface area contributed by atoms with Gasteiger partial charge in [-0.1, -0.05) is 30.3 Å². The number of para-hydroxylation sites is 2. The van der Waals surface area contributed by atoms with Crippen molar-refractivity contribution in [2.75, 3.05) is 12.4 Å². The van der Waals surface area contributed by atoms with Crippen LogP contribution in [0.3, 0.4) is 0 Å². The molecule has 128 valence electrons. The second-order valence-electron chi connectivity index (χ2n) is 5.08. The van der Waals surface area contributed by atoms with Crippen molar-refractivity contribution in [2.45, 2.75) is 13.2 Å². The fourth-order valence-corrected chi connectivity index (χ4v) is 2.18. The van der Waals surface area contributed by atoms with Gasteiger partial charge in [0.05, 0.1) is 19.2 Å². The zero-order valence-corrected chi connectivity index (χ0v) is 13.6. The van der Waals surface area contributed by atoms with E-state index in [-0.39, 0.29) is 13.2 Å². The summed E-state index contributed by atoms with van der Waals surface area (Å²) >= 11 is 0. The number of methoxy groups -OCH3 is 1. The van der Waals surface area contributed by atoms with E-state index in [9.17, 15) is 4.79 Å². The minimum atomic E-state index is -0.412. The van der Waals surface area contributed by atoms with Gasteiger partial charge in [0, 0.05) is 5.69 Å². The van der Waals surface area contributed by atoms with Crippen LogP contribution in [-0.4, -0.2) is 23.3 Å². The molecule has 0 aliphatic rings. The van der Waals surface area contributed by atoms with Crippen LogP contribution in [0, 0.1) is 0 Å². The lowest BCUT2D eigenvalue weighted by molar-refractivity contribution is 0.0602. The molecule has 0 saturated carbocycles. The number of hydrogen-bond donors (Lipinski definition) is 1. The number of hydrogen-bond acceptors (Lipinski definition) is 7. The molecule has 0 amide bonds. The molecule has 0 aliphatic carbocycles. The number of nitrogens with one attached hydrogen (secondary N) is 1. The predicted molar refractivity (Wildman–Crippen MR) is 90.2 cm³/mol. The van der Waals surface area contributed by atoms with Crippen LogP contribution in [0.2, 0.25) is 0 Å². The Morgan fingerprint density at radius 3 is 2.56 bits per heavy atom. The predicted octanol–water partition coefficient (Wildman–Crippen LogP) is 3.05. The van der Waals surface area contributed by atoms with Crippen molar-refractivity contribution in [2.24, 2.45) is 0 Å². The molecule has 3 rings (SSSR count). The second-order valence-corrected chi connectivity index (χ2v) is 5.08. The molecule has 25 heavy (non-hydrogen) atoms. The van der Waals surface area contributed by atoms with Gasteiger partial charge in [-0.25, -0.2) is 4.79 Å². The van der Waals surface area contributed by atoms with E-state index in [2.05, 4.69) is 15.5 Å². The van der Waals surface area contributed by atoms with Gasteiger partial charge in [-0.2, -0.15) is 0 Å². The van der Waals surface area contributed by atoms with E-state index in [1.807, 2.05) is 36.4 Å². The molecule has 0 bridgehead atoms. The van der Waals surface area contributed by atoms with Gasteiger partial charge < -0.3 is 19.2 Å². The summed E-state index contributed by atoms with van der Waals surface area (Å²) in [6.07, 6.45) is 0. The van der Waals surface area contributed by atoms with E-state index in [0.717, 1.165) is 5.75 Å². The largest absolute Gasteiger partial charge is 0.484 e. The van der Waals surface area contributed by atoms with Gasteiger partial charge in [0.1, 0.15) is 5.75 Å². The van der Waals surface area contributed by atoms with E-state index < -0.39 is 5.97 Å². The van der Waals surface area contributed by atoms with Crippen LogP contribution in [0.4, 0.5) is 5.69 Å². The molecular weight excluding hydrogens is 322 g/mol. The molecule has 1 heterocycles. The third kappa shape index (κ3) is 4.35. The zero-order valence-electron chi connectivity index (χ0n) is 13.6. The summed E-state index contributed by atoms with van der Waals surface area (Å²) in [7, 11) is 1.34. The normalized spacial score (nSPS) is 10.3. The topological polar surface area (TPSA) is 86.5 Å². The van der Waals surface area contributed by atoms with Gasteiger partial charge in [-0.3, -0.25) is 0 Å². The number of carbonyl (C=O) groups excluding carboxylic acids is 1. The number of ether oxygens (including phenoxy) is 2. The van der Waals surface area contributed by atoms with Crippen LogP contribution in [0.1, 0.15) is 22.1 Å². The summed E-state index contributed by atoms with van der Waals surface area (Å²) < 4.78 is 15.8. The molecule has 3 aromatic rings. The summed E-state index contributed by atoms with van der Waals surface area (Å²) in [6, 6.07) is 16.4. The number of carbonyl (C=O) groups is 1. The Morgan fingerprint density at radius 1 is 1.04 bits per heavy atom. The summed E-state index contributed by atoms with van der Waals surface area (Å²) in [6.45, 7) is 0.474. The molecule has 1 N–H and O–H groups in total. The van der Waals surface area contributed by atoms with Crippen LogP contribution in [-0.2, 0) is 17.9 Å². The average molecular weight is 339 g/mol. The quantitative estimate of drug-likeness (QED) is 0.662. The number of anilines is 1. The van der Waals surface area contributed by atoms with Gasteiger partial charge in [0.25, 0.3) is 5.89 Å². The minimum Gasteiger partial charge on any atom is -0.484 e. The van der Waals surface area contributed by atoms with Crippen molar-refractivity contribution in [1.82, 2.24) is 10.2 Å². The van der Waals surface area contributed by atoms with Gasteiger partial charge in [-0.15, -0.1) is 10.2 Å². The second kappa shape index (κ2) is 7.96. The smallest absolute Gasteiger partial charge is 0.339 e. The minimum absolute atomic E-state index is 0.190. The van der Waals surface area contributed by atoms with Gasteiger partial charge in [0.2, 0.25) is 5.89 Å². The molecule has 0 saturated heterocycles. The van der Waals surface area contributed by atoms with Crippen LogP contribution in [0.15, 0.2) is 59.0 Å². The van der Waals surface area contributed by atoms with Crippen molar-refractivity contribution < 1.29 is 18.7 Å². The molecule has 0 aliphatic heterocycles. The molecule has 0 spiro atoms. The number of nitrogens with zero attached hydrogens (tertiary/aromatic N) is 2. The van der Waals surface area contributed by atoms with Crippen molar-refractivity contribution in [3.63, 3.8) is 0 Å². The Balaban J connectivity index is 1.58. The molecule has 1 aromatic heterocycles. The fraction of sp³-hybridized carbons (Fsp3) is 0.167. The molecule has 0 radical (unpaired) electrons. The molecule has 0 atom stereocenters. The molecule has 7 nitrogen and oxygen atoms in total. The third-order valence-corrected chi connectivity index (χ3v) is 3.38. The fourth-order valence-electron chi connectivity index (χ4n) is 2.18. The molecular formula is C18H17N3O4. The highest BCUT2D eigenvalue weighted by Crippen LogP contribution is 2.17. The lowest BCUT2D eigenvalue weighted by atomic mass is 10.2. The van der Waals surface area contributed by atoms with Gasteiger partial charge in [0.15, 0.2) is 6.61 Å². The first kappa shape index (κ1) is 16.5. The number of esters is 1. The van der Waals surface area contributed by atoms with Crippen molar-refractivity contribution in [1.29, 1.82) is 0 Å². The van der Waals surface area contributed by atoms with Gasteiger partial charge >= 0.3 is 5.97 Å². The maximum atomic E-state index is 11.7.